The minimum Gasteiger partial charge on any atom is -0.492 e. The third-order valence-electron chi connectivity index (χ3n) is 3.14. The van der Waals surface area contributed by atoms with Gasteiger partial charge >= 0.3 is 0 Å². The minimum absolute atomic E-state index is 0.133. The van der Waals surface area contributed by atoms with Gasteiger partial charge in [-0.05, 0) is 38.1 Å². The lowest BCUT2D eigenvalue weighted by atomic mass is 10.3. The molecule has 0 saturated heterocycles. The summed E-state index contributed by atoms with van der Waals surface area (Å²) in [7, 11) is 0. The third kappa shape index (κ3) is 4.97. The molecule has 118 valence electrons. The number of para-hydroxylation sites is 3. The van der Waals surface area contributed by atoms with Gasteiger partial charge in [0.15, 0.2) is 0 Å². The summed E-state index contributed by atoms with van der Waals surface area (Å²) in [4.78, 5) is 0. The molecule has 0 saturated carbocycles. The molecule has 4 nitrogen and oxygen atoms in total. The summed E-state index contributed by atoms with van der Waals surface area (Å²) in [6, 6.07) is 18.0. The van der Waals surface area contributed by atoms with Crippen LogP contribution < -0.4 is 15.4 Å². The van der Waals surface area contributed by atoms with E-state index in [4.69, 9.17) is 9.47 Å². The van der Waals surface area contributed by atoms with E-state index in [-0.39, 0.29) is 6.23 Å². The number of rotatable bonds is 9. The van der Waals surface area contributed by atoms with Gasteiger partial charge in [-0.2, -0.15) is 0 Å². The second kappa shape index (κ2) is 8.95. The van der Waals surface area contributed by atoms with E-state index in [2.05, 4.69) is 10.6 Å². The van der Waals surface area contributed by atoms with E-state index in [0.717, 1.165) is 17.1 Å². The maximum absolute atomic E-state index is 5.77. The molecule has 0 aliphatic rings. The van der Waals surface area contributed by atoms with Gasteiger partial charge in [0.2, 0.25) is 0 Å². The van der Waals surface area contributed by atoms with Gasteiger partial charge in [0.1, 0.15) is 12.0 Å². The zero-order chi connectivity index (χ0) is 15.6. The van der Waals surface area contributed by atoms with E-state index < -0.39 is 0 Å². The summed E-state index contributed by atoms with van der Waals surface area (Å²) in [6.07, 6.45) is -0.133. The first-order chi connectivity index (χ1) is 10.8. The van der Waals surface area contributed by atoms with Crippen LogP contribution in [0, 0.1) is 0 Å². The van der Waals surface area contributed by atoms with Crippen molar-refractivity contribution in [3.63, 3.8) is 0 Å². The molecule has 2 aromatic rings. The van der Waals surface area contributed by atoms with Crippen molar-refractivity contribution in [2.24, 2.45) is 0 Å². The second-order valence-electron chi connectivity index (χ2n) is 4.76. The van der Waals surface area contributed by atoms with Crippen molar-refractivity contribution in [3.8, 4) is 5.75 Å². The van der Waals surface area contributed by atoms with Gasteiger partial charge in [0.25, 0.3) is 0 Å². The molecule has 1 atom stereocenters. The Hall–Kier alpha value is -2.20. The van der Waals surface area contributed by atoms with E-state index in [9.17, 15) is 0 Å². The quantitative estimate of drug-likeness (QED) is 0.688. The van der Waals surface area contributed by atoms with E-state index in [0.29, 0.717) is 19.8 Å². The van der Waals surface area contributed by atoms with Crippen LogP contribution in [0.5, 0.6) is 5.75 Å². The Kier molecular flexibility index (Phi) is 6.58. The third-order valence-corrected chi connectivity index (χ3v) is 3.14. The van der Waals surface area contributed by atoms with Gasteiger partial charge in [0.05, 0.1) is 18.8 Å². The normalized spacial score (nSPS) is 11.7. The molecule has 4 heteroatoms. The van der Waals surface area contributed by atoms with Gasteiger partial charge in [-0.3, -0.25) is 0 Å². The first kappa shape index (κ1) is 16.2. The predicted octanol–water partition coefficient (Wildman–Crippen LogP) is 3.97. The Morgan fingerprint density at radius 3 is 2.36 bits per heavy atom. The number of hydrogen-bond acceptors (Lipinski definition) is 4. The number of anilines is 2. The molecule has 1 unspecified atom stereocenters. The van der Waals surface area contributed by atoms with Crippen molar-refractivity contribution in [2.75, 3.05) is 30.4 Å². The van der Waals surface area contributed by atoms with Crippen molar-refractivity contribution < 1.29 is 9.47 Å². The van der Waals surface area contributed by atoms with E-state index in [1.54, 1.807) is 0 Å². The summed E-state index contributed by atoms with van der Waals surface area (Å²) < 4.78 is 11.4. The van der Waals surface area contributed by atoms with E-state index in [1.807, 2.05) is 68.4 Å². The molecule has 0 fully saturated rings. The summed E-state index contributed by atoms with van der Waals surface area (Å²) in [5.41, 5.74) is 2.02. The van der Waals surface area contributed by atoms with Crippen LogP contribution in [0.3, 0.4) is 0 Å². The van der Waals surface area contributed by atoms with E-state index >= 15 is 0 Å². The molecule has 0 aromatic heterocycles. The SMILES string of the molecule is CCOc1ccccc1NC(CNc1ccccc1)OCC. The smallest absolute Gasteiger partial charge is 0.145 e. The minimum atomic E-state index is -0.133. The Bertz CT molecular complexity index is 546. The summed E-state index contributed by atoms with van der Waals surface area (Å²) >= 11 is 0. The van der Waals surface area contributed by atoms with Crippen LogP contribution >= 0.6 is 0 Å². The summed E-state index contributed by atoms with van der Waals surface area (Å²) in [5.74, 6) is 0.842. The van der Waals surface area contributed by atoms with Gasteiger partial charge < -0.3 is 20.1 Å². The van der Waals surface area contributed by atoms with Gasteiger partial charge in [-0.15, -0.1) is 0 Å². The summed E-state index contributed by atoms with van der Waals surface area (Å²) in [5, 5.41) is 6.77. The highest BCUT2D eigenvalue weighted by molar-refractivity contribution is 5.56. The van der Waals surface area contributed by atoms with Crippen LogP contribution in [0.2, 0.25) is 0 Å². The van der Waals surface area contributed by atoms with Crippen molar-refractivity contribution in [1.82, 2.24) is 0 Å². The predicted molar refractivity (Wildman–Crippen MR) is 91.6 cm³/mol. The standard InChI is InChI=1S/C18H24N2O2/c1-3-21-17-13-9-8-12-16(17)20-18(22-4-2)14-19-15-10-6-5-7-11-15/h5-13,18-20H,3-4,14H2,1-2H3. The maximum atomic E-state index is 5.77. The Morgan fingerprint density at radius 2 is 1.64 bits per heavy atom. The number of ether oxygens (including phenoxy) is 2. The molecular formula is C18H24N2O2. The van der Waals surface area contributed by atoms with Crippen molar-refractivity contribution in [2.45, 2.75) is 20.1 Å². The highest BCUT2D eigenvalue weighted by Gasteiger charge is 2.11. The van der Waals surface area contributed by atoms with Crippen molar-refractivity contribution in [1.29, 1.82) is 0 Å². The molecule has 0 spiro atoms. The highest BCUT2D eigenvalue weighted by atomic mass is 16.5. The van der Waals surface area contributed by atoms with Gasteiger partial charge in [0, 0.05) is 12.3 Å². The number of hydrogen-bond donors (Lipinski definition) is 2. The average molecular weight is 300 g/mol. The van der Waals surface area contributed by atoms with Gasteiger partial charge in [-0.25, -0.2) is 0 Å². The number of nitrogens with one attached hydrogen (secondary N) is 2. The molecule has 0 heterocycles. The van der Waals surface area contributed by atoms with Crippen LogP contribution in [-0.4, -0.2) is 26.0 Å². The molecule has 0 bridgehead atoms. The molecular weight excluding hydrogens is 276 g/mol. The Morgan fingerprint density at radius 1 is 0.909 bits per heavy atom. The van der Waals surface area contributed by atoms with E-state index in [1.165, 1.54) is 0 Å². The van der Waals surface area contributed by atoms with Crippen LogP contribution in [-0.2, 0) is 4.74 Å². The average Bonchev–Trinajstić information content (AvgIpc) is 2.56. The van der Waals surface area contributed by atoms with Crippen LogP contribution in [0.15, 0.2) is 54.6 Å². The van der Waals surface area contributed by atoms with Crippen LogP contribution in [0.1, 0.15) is 13.8 Å². The monoisotopic (exact) mass is 300 g/mol. The Labute approximate surface area is 132 Å². The fraction of sp³-hybridized carbons (Fsp3) is 0.333. The lowest BCUT2D eigenvalue weighted by Crippen LogP contribution is -2.31. The molecule has 2 aromatic carbocycles. The lowest BCUT2D eigenvalue weighted by molar-refractivity contribution is 0.0915. The largest absolute Gasteiger partial charge is 0.492 e. The molecule has 0 radical (unpaired) electrons. The molecule has 22 heavy (non-hydrogen) atoms. The maximum Gasteiger partial charge on any atom is 0.145 e. The zero-order valence-corrected chi connectivity index (χ0v) is 13.2. The number of benzene rings is 2. The second-order valence-corrected chi connectivity index (χ2v) is 4.76. The Balaban J connectivity index is 1.99. The fourth-order valence-corrected chi connectivity index (χ4v) is 2.16. The van der Waals surface area contributed by atoms with Crippen molar-refractivity contribution in [3.05, 3.63) is 54.6 Å². The highest BCUT2D eigenvalue weighted by Crippen LogP contribution is 2.24. The topological polar surface area (TPSA) is 42.5 Å². The molecule has 0 aliphatic heterocycles. The molecule has 0 amide bonds. The molecule has 2 N–H and O–H groups in total. The van der Waals surface area contributed by atoms with Crippen molar-refractivity contribution >= 4 is 11.4 Å². The first-order valence-electron chi connectivity index (χ1n) is 7.72. The zero-order valence-electron chi connectivity index (χ0n) is 13.2. The van der Waals surface area contributed by atoms with Crippen LogP contribution in [0.25, 0.3) is 0 Å². The lowest BCUT2D eigenvalue weighted by Gasteiger charge is -2.22. The summed E-state index contributed by atoms with van der Waals surface area (Å²) in [6.45, 7) is 5.92. The fourth-order valence-electron chi connectivity index (χ4n) is 2.16. The molecule has 2 rings (SSSR count). The molecule has 0 aliphatic carbocycles. The van der Waals surface area contributed by atoms with Crippen LogP contribution in [0.4, 0.5) is 11.4 Å². The van der Waals surface area contributed by atoms with Gasteiger partial charge in [-0.1, -0.05) is 30.3 Å². The first-order valence-corrected chi connectivity index (χ1v) is 7.72.